The Kier molecular flexibility index (Phi) is 0.749. The first-order valence-corrected chi connectivity index (χ1v) is 6.69. The fraction of sp³-hybridized carbons (Fsp3) is 1.00. The van der Waals surface area contributed by atoms with Crippen LogP contribution in [0.5, 0.6) is 0 Å². The van der Waals surface area contributed by atoms with Crippen LogP contribution in [0.4, 0.5) is 0 Å². The minimum absolute atomic E-state index is 1.07. The van der Waals surface area contributed by atoms with Crippen molar-refractivity contribution in [2.45, 2.75) is 31.3 Å². The normalized spacial score (nSPS) is 84.0. The van der Waals surface area contributed by atoms with Crippen LogP contribution in [0.25, 0.3) is 0 Å². The summed E-state index contributed by atoms with van der Waals surface area (Å²) in [5.74, 6) is 8.52. The van der Waals surface area contributed by atoms with Crippen LogP contribution in [0, 0.1) is 41.4 Å². The largest absolute Gasteiger partial charge is 0.294 e. The quantitative estimate of drug-likeness (QED) is 0.520. The van der Waals surface area contributed by atoms with Crippen LogP contribution in [0.1, 0.15) is 19.3 Å². The summed E-state index contributed by atoms with van der Waals surface area (Å²) in [6.07, 6.45) is 4.92. The fourth-order valence-electron chi connectivity index (χ4n) is 7.10. The van der Waals surface area contributed by atoms with Crippen LogP contribution in [-0.2, 0) is 0 Å². The first kappa shape index (κ1) is 6.52. The van der Waals surface area contributed by atoms with Crippen molar-refractivity contribution in [3.05, 3.63) is 0 Å². The lowest BCUT2D eigenvalue weighted by molar-refractivity contribution is -0.0189. The third-order valence-electron chi connectivity index (χ3n) is 7.13. The van der Waals surface area contributed by atoms with Gasteiger partial charge in [0.15, 0.2) is 0 Å². The lowest BCUT2D eigenvalue weighted by Gasteiger charge is -2.50. The maximum absolute atomic E-state index is 2.89. The molecule has 10 unspecified atom stereocenters. The highest BCUT2D eigenvalue weighted by Crippen LogP contribution is 2.78. The molecule has 6 rings (SSSR count). The van der Waals surface area contributed by atoms with E-state index in [1.807, 2.05) is 0 Å². The van der Waals surface area contributed by atoms with Gasteiger partial charge in [-0.3, -0.25) is 4.90 Å². The highest BCUT2D eigenvalue weighted by atomic mass is 15.4. The Morgan fingerprint density at radius 2 is 1.64 bits per heavy atom. The molecule has 0 aromatic carbocycles. The first-order chi connectivity index (χ1) is 6.93. The molecule has 2 saturated heterocycles. The second-order valence-electron chi connectivity index (χ2n) is 7.03. The van der Waals surface area contributed by atoms with Crippen LogP contribution in [-0.4, -0.2) is 23.5 Å². The Morgan fingerprint density at radius 3 is 2.64 bits per heavy atom. The standard InChI is InChI=1S/C13H17N/c1-5-2-9-11-10(5)8-3-6-4-14(6)13(9)12(11)7(1)8/h5-13H,1-4H2. The summed E-state index contributed by atoms with van der Waals surface area (Å²) in [5.41, 5.74) is 0. The van der Waals surface area contributed by atoms with E-state index in [1.165, 1.54) is 48.0 Å². The lowest BCUT2D eigenvalue weighted by Crippen LogP contribution is -2.54. The summed E-state index contributed by atoms with van der Waals surface area (Å²) in [6, 6.07) is 2.18. The predicted octanol–water partition coefficient (Wildman–Crippen LogP) is 1.59. The van der Waals surface area contributed by atoms with E-state index >= 15 is 0 Å². The van der Waals surface area contributed by atoms with Gasteiger partial charge in [-0.25, -0.2) is 0 Å². The van der Waals surface area contributed by atoms with Crippen molar-refractivity contribution in [2.24, 2.45) is 41.4 Å². The molecule has 14 heavy (non-hydrogen) atoms. The molecule has 4 bridgehead atoms. The van der Waals surface area contributed by atoms with Crippen LogP contribution in [0.15, 0.2) is 0 Å². The third kappa shape index (κ3) is 0.428. The molecule has 10 atom stereocenters. The van der Waals surface area contributed by atoms with Crippen LogP contribution in [0.2, 0.25) is 0 Å². The Morgan fingerprint density at radius 1 is 0.786 bits per heavy atom. The van der Waals surface area contributed by atoms with E-state index in [0.29, 0.717) is 0 Å². The van der Waals surface area contributed by atoms with E-state index in [0.717, 1.165) is 12.1 Å². The van der Waals surface area contributed by atoms with Crippen molar-refractivity contribution in [1.82, 2.24) is 4.90 Å². The van der Waals surface area contributed by atoms with Crippen molar-refractivity contribution in [3.8, 4) is 0 Å². The highest BCUT2D eigenvalue weighted by molar-refractivity contribution is 5.27. The van der Waals surface area contributed by atoms with E-state index in [-0.39, 0.29) is 0 Å². The summed E-state index contributed by atoms with van der Waals surface area (Å²) in [5, 5.41) is 0. The van der Waals surface area contributed by atoms with Gasteiger partial charge >= 0.3 is 0 Å². The maximum atomic E-state index is 2.89. The molecule has 0 amide bonds. The fourth-order valence-corrected chi connectivity index (χ4v) is 7.10. The summed E-state index contributed by atoms with van der Waals surface area (Å²) < 4.78 is 0. The van der Waals surface area contributed by atoms with Crippen molar-refractivity contribution in [3.63, 3.8) is 0 Å². The van der Waals surface area contributed by atoms with Crippen molar-refractivity contribution in [2.75, 3.05) is 6.54 Å². The Hall–Kier alpha value is -0.0400. The molecule has 6 aliphatic rings. The zero-order chi connectivity index (χ0) is 8.60. The Bertz CT molecular complexity index is 349. The van der Waals surface area contributed by atoms with Gasteiger partial charge in [0.25, 0.3) is 0 Å². The maximum Gasteiger partial charge on any atom is 0.0230 e. The topological polar surface area (TPSA) is 3.01 Å². The Labute approximate surface area is 84.8 Å². The zero-order valence-electron chi connectivity index (χ0n) is 8.47. The van der Waals surface area contributed by atoms with E-state index in [1.54, 1.807) is 19.3 Å². The van der Waals surface area contributed by atoms with Gasteiger partial charge in [0.05, 0.1) is 0 Å². The second-order valence-corrected chi connectivity index (χ2v) is 7.03. The van der Waals surface area contributed by atoms with Crippen LogP contribution < -0.4 is 0 Å². The first-order valence-electron chi connectivity index (χ1n) is 6.69. The molecule has 0 spiro atoms. The van der Waals surface area contributed by atoms with Gasteiger partial charge in [0.1, 0.15) is 0 Å². The summed E-state index contributed by atoms with van der Waals surface area (Å²) in [7, 11) is 0. The number of fused-ring (bicyclic) bond motifs is 3. The van der Waals surface area contributed by atoms with E-state index in [9.17, 15) is 0 Å². The van der Waals surface area contributed by atoms with Gasteiger partial charge < -0.3 is 0 Å². The van der Waals surface area contributed by atoms with Gasteiger partial charge in [0, 0.05) is 18.6 Å². The third-order valence-corrected chi connectivity index (χ3v) is 7.13. The van der Waals surface area contributed by atoms with E-state index in [2.05, 4.69) is 4.90 Å². The monoisotopic (exact) mass is 187 g/mol. The molecular weight excluding hydrogens is 170 g/mol. The second kappa shape index (κ2) is 1.61. The Balaban J connectivity index is 1.66. The van der Waals surface area contributed by atoms with E-state index < -0.39 is 0 Å². The van der Waals surface area contributed by atoms with Gasteiger partial charge in [-0.05, 0) is 60.7 Å². The number of nitrogens with zero attached hydrogens (tertiary/aromatic N) is 1. The molecule has 2 heterocycles. The molecule has 2 aliphatic heterocycles. The van der Waals surface area contributed by atoms with Gasteiger partial charge in [-0.1, -0.05) is 0 Å². The van der Waals surface area contributed by atoms with Crippen LogP contribution >= 0.6 is 0 Å². The van der Waals surface area contributed by atoms with Crippen LogP contribution in [0.3, 0.4) is 0 Å². The SMILES string of the molecule is C1C2CC3C4C2C2CC5CN5C3C4C12. The average Bonchev–Trinajstić information content (AvgIpc) is 2.68. The molecule has 0 aromatic heterocycles. The molecule has 0 radical (unpaired) electrons. The molecule has 4 saturated carbocycles. The lowest BCUT2D eigenvalue weighted by atomic mass is 9.60. The predicted molar refractivity (Wildman–Crippen MR) is 52.6 cm³/mol. The number of hydrogen-bond acceptors (Lipinski definition) is 1. The summed E-state index contributed by atoms with van der Waals surface area (Å²) >= 11 is 0. The molecule has 0 N–H and O–H groups in total. The molecule has 0 aromatic rings. The van der Waals surface area contributed by atoms with Gasteiger partial charge in [-0.2, -0.15) is 0 Å². The zero-order valence-corrected chi connectivity index (χ0v) is 8.47. The molecule has 4 aliphatic carbocycles. The van der Waals surface area contributed by atoms with Crippen molar-refractivity contribution >= 4 is 0 Å². The van der Waals surface area contributed by atoms with E-state index in [4.69, 9.17) is 0 Å². The smallest absolute Gasteiger partial charge is 0.0230 e. The van der Waals surface area contributed by atoms with Gasteiger partial charge in [0.2, 0.25) is 0 Å². The molecule has 6 fully saturated rings. The number of hydrogen-bond donors (Lipinski definition) is 0. The average molecular weight is 187 g/mol. The summed E-state index contributed by atoms with van der Waals surface area (Å²) in [4.78, 5) is 2.89. The summed E-state index contributed by atoms with van der Waals surface area (Å²) in [6.45, 7) is 1.49. The van der Waals surface area contributed by atoms with Gasteiger partial charge in [-0.15, -0.1) is 0 Å². The van der Waals surface area contributed by atoms with Crippen molar-refractivity contribution in [1.29, 1.82) is 0 Å². The van der Waals surface area contributed by atoms with Crippen molar-refractivity contribution < 1.29 is 0 Å². The minimum Gasteiger partial charge on any atom is -0.294 e. The minimum atomic E-state index is 1.07. The molecular formula is C13H17N. The number of rotatable bonds is 0. The highest BCUT2D eigenvalue weighted by Gasteiger charge is 2.77. The molecule has 1 heteroatoms. The molecule has 1 nitrogen and oxygen atoms in total. The molecule has 74 valence electrons.